The Bertz CT molecular complexity index is 1310. The molecule has 2 aromatic heterocycles. The van der Waals surface area contributed by atoms with Crippen LogP contribution in [-0.4, -0.2) is 25.5 Å². The van der Waals surface area contributed by atoms with Gasteiger partial charge in [0, 0.05) is 40.4 Å². The van der Waals surface area contributed by atoms with Gasteiger partial charge in [0.1, 0.15) is 11.9 Å². The minimum absolute atomic E-state index is 0.170. The molecule has 30 heavy (non-hydrogen) atoms. The van der Waals surface area contributed by atoms with Crippen LogP contribution in [-0.2, 0) is 4.79 Å². The second kappa shape index (κ2) is 6.42. The number of aromatic amines is 1. The second-order valence-corrected chi connectivity index (χ2v) is 8.08. The highest BCUT2D eigenvalue weighted by Gasteiger charge is 2.40. The summed E-state index contributed by atoms with van der Waals surface area (Å²) in [4.78, 5) is 21.4. The summed E-state index contributed by atoms with van der Waals surface area (Å²) in [6.45, 7) is 1.88. The third-order valence-electron chi connectivity index (χ3n) is 6.21. The van der Waals surface area contributed by atoms with E-state index in [2.05, 4.69) is 44.6 Å². The SMILES string of the molecule is Cc1nc2n(n1)[C@@H](c1c[nH]c3ccccc13)C1=C(C[C@@H](c3ccccc3)CC1=O)N2. The number of nitrogens with one attached hydrogen (secondary N) is 2. The molecule has 6 rings (SSSR count). The van der Waals surface area contributed by atoms with Crippen molar-refractivity contribution in [3.05, 3.63) is 89.0 Å². The molecule has 0 spiro atoms. The first kappa shape index (κ1) is 17.2. The molecule has 2 N–H and O–H groups in total. The van der Waals surface area contributed by atoms with E-state index < -0.39 is 0 Å². The number of hydrogen-bond donors (Lipinski definition) is 2. The number of ketones is 1. The van der Waals surface area contributed by atoms with Crippen LogP contribution in [0.4, 0.5) is 5.95 Å². The Morgan fingerprint density at radius 1 is 1.03 bits per heavy atom. The minimum Gasteiger partial charge on any atom is -0.361 e. The molecular weight excluding hydrogens is 374 g/mol. The van der Waals surface area contributed by atoms with Crippen LogP contribution in [0.1, 0.15) is 41.8 Å². The van der Waals surface area contributed by atoms with Gasteiger partial charge in [-0.3, -0.25) is 4.79 Å². The number of H-pyrrole nitrogens is 1. The third-order valence-corrected chi connectivity index (χ3v) is 6.21. The van der Waals surface area contributed by atoms with E-state index in [4.69, 9.17) is 0 Å². The van der Waals surface area contributed by atoms with Gasteiger partial charge in [0.05, 0.1) is 0 Å². The van der Waals surface area contributed by atoms with E-state index >= 15 is 0 Å². The van der Waals surface area contributed by atoms with Gasteiger partial charge in [0.25, 0.3) is 0 Å². The topological polar surface area (TPSA) is 75.6 Å². The molecule has 148 valence electrons. The first-order chi connectivity index (χ1) is 14.7. The highest BCUT2D eigenvalue weighted by molar-refractivity contribution is 6.01. The van der Waals surface area contributed by atoms with Crippen molar-refractivity contribution < 1.29 is 4.79 Å². The highest BCUT2D eigenvalue weighted by Crippen LogP contribution is 2.45. The van der Waals surface area contributed by atoms with E-state index in [0.29, 0.717) is 18.2 Å². The zero-order chi connectivity index (χ0) is 20.2. The van der Waals surface area contributed by atoms with E-state index in [1.807, 2.05) is 48.1 Å². The van der Waals surface area contributed by atoms with E-state index in [1.165, 1.54) is 5.56 Å². The van der Waals surface area contributed by atoms with Gasteiger partial charge in [-0.1, -0.05) is 48.5 Å². The summed E-state index contributed by atoms with van der Waals surface area (Å²) in [6.07, 6.45) is 3.30. The largest absolute Gasteiger partial charge is 0.361 e. The monoisotopic (exact) mass is 395 g/mol. The van der Waals surface area contributed by atoms with Gasteiger partial charge in [0.2, 0.25) is 5.95 Å². The Balaban J connectivity index is 1.52. The number of hydrogen-bond acceptors (Lipinski definition) is 4. The number of anilines is 1. The zero-order valence-electron chi connectivity index (χ0n) is 16.6. The number of aromatic nitrogens is 4. The first-order valence-electron chi connectivity index (χ1n) is 10.3. The first-order valence-corrected chi connectivity index (χ1v) is 10.3. The lowest BCUT2D eigenvalue weighted by Gasteiger charge is -2.35. The van der Waals surface area contributed by atoms with Gasteiger partial charge in [-0.05, 0) is 30.9 Å². The van der Waals surface area contributed by atoms with Gasteiger partial charge < -0.3 is 10.3 Å². The molecule has 0 amide bonds. The maximum Gasteiger partial charge on any atom is 0.226 e. The van der Waals surface area contributed by atoms with Gasteiger partial charge in [-0.25, -0.2) is 4.68 Å². The lowest BCUT2D eigenvalue weighted by atomic mass is 9.78. The van der Waals surface area contributed by atoms with Crippen molar-refractivity contribution >= 4 is 22.6 Å². The van der Waals surface area contributed by atoms with E-state index in [9.17, 15) is 4.79 Å². The Morgan fingerprint density at radius 3 is 2.70 bits per heavy atom. The van der Waals surface area contributed by atoms with Crippen molar-refractivity contribution in [3.63, 3.8) is 0 Å². The van der Waals surface area contributed by atoms with Crippen LogP contribution >= 0.6 is 0 Å². The molecule has 3 heterocycles. The molecule has 4 aromatic rings. The van der Waals surface area contributed by atoms with Crippen molar-refractivity contribution in [2.24, 2.45) is 0 Å². The summed E-state index contributed by atoms with van der Waals surface area (Å²) in [5, 5.41) is 9.17. The third kappa shape index (κ3) is 2.53. The summed E-state index contributed by atoms with van der Waals surface area (Å²) in [5.74, 6) is 1.73. The molecule has 6 heteroatoms. The predicted octanol–water partition coefficient (Wildman–Crippen LogP) is 4.48. The standard InChI is InChI=1S/C24H21N5O/c1-14-26-24-27-20-11-16(15-7-3-2-4-8-15)12-21(30)22(20)23(29(24)28-14)18-13-25-19-10-6-5-9-17(18)19/h2-10,13,16,23,25H,11-12H2,1H3,(H,26,27,28)/t16-,23+/m1/s1. The van der Waals surface area contributed by atoms with Crippen LogP contribution in [0.3, 0.4) is 0 Å². The van der Waals surface area contributed by atoms with Crippen LogP contribution in [0.2, 0.25) is 0 Å². The van der Waals surface area contributed by atoms with E-state index in [0.717, 1.165) is 34.2 Å². The molecule has 0 unspecified atom stereocenters. The predicted molar refractivity (Wildman–Crippen MR) is 115 cm³/mol. The number of fused-ring (bicyclic) bond motifs is 2. The lowest BCUT2D eigenvalue weighted by Crippen LogP contribution is -2.33. The van der Waals surface area contributed by atoms with Gasteiger partial charge in [-0.15, -0.1) is 0 Å². The molecule has 0 saturated heterocycles. The lowest BCUT2D eigenvalue weighted by molar-refractivity contribution is -0.116. The van der Waals surface area contributed by atoms with Crippen molar-refractivity contribution in [1.29, 1.82) is 0 Å². The average Bonchev–Trinajstić information content (AvgIpc) is 3.35. The Kier molecular flexibility index (Phi) is 3.68. The fourth-order valence-corrected chi connectivity index (χ4v) is 4.89. The van der Waals surface area contributed by atoms with Gasteiger partial charge in [-0.2, -0.15) is 10.1 Å². The normalized spacial score (nSPS) is 20.8. The Morgan fingerprint density at radius 2 is 1.83 bits per heavy atom. The molecule has 6 nitrogen and oxygen atoms in total. The van der Waals surface area contributed by atoms with E-state index in [-0.39, 0.29) is 17.7 Å². The number of para-hydroxylation sites is 1. The van der Waals surface area contributed by atoms with Crippen LogP contribution in [0.5, 0.6) is 0 Å². The van der Waals surface area contributed by atoms with Crippen molar-refractivity contribution in [1.82, 2.24) is 19.7 Å². The van der Waals surface area contributed by atoms with Gasteiger partial charge >= 0.3 is 0 Å². The van der Waals surface area contributed by atoms with Crippen molar-refractivity contribution in [3.8, 4) is 0 Å². The number of aryl methyl sites for hydroxylation is 1. The molecule has 0 fully saturated rings. The number of benzene rings is 2. The Labute approximate surface area is 173 Å². The second-order valence-electron chi connectivity index (χ2n) is 8.08. The van der Waals surface area contributed by atoms with Crippen molar-refractivity contribution in [2.75, 3.05) is 5.32 Å². The molecule has 0 saturated carbocycles. The Hall–Kier alpha value is -3.67. The summed E-state index contributed by atoms with van der Waals surface area (Å²) < 4.78 is 1.87. The minimum atomic E-state index is -0.280. The summed E-state index contributed by atoms with van der Waals surface area (Å²) in [6, 6.07) is 18.2. The molecule has 0 bridgehead atoms. The zero-order valence-corrected chi connectivity index (χ0v) is 16.6. The van der Waals surface area contributed by atoms with Crippen LogP contribution in [0.15, 0.2) is 72.1 Å². The summed E-state index contributed by atoms with van der Waals surface area (Å²) >= 11 is 0. The fraction of sp³-hybridized carbons (Fsp3) is 0.208. The summed E-state index contributed by atoms with van der Waals surface area (Å²) in [7, 11) is 0. The number of Topliss-reactive ketones (excluding diaryl/α,β-unsaturated/α-hetero) is 1. The number of nitrogens with zero attached hydrogens (tertiary/aromatic N) is 3. The molecule has 1 aliphatic heterocycles. The number of rotatable bonds is 2. The molecular formula is C24H21N5O. The van der Waals surface area contributed by atoms with Crippen molar-refractivity contribution in [2.45, 2.75) is 31.7 Å². The van der Waals surface area contributed by atoms with Crippen LogP contribution in [0.25, 0.3) is 10.9 Å². The van der Waals surface area contributed by atoms with Crippen LogP contribution < -0.4 is 5.32 Å². The molecule has 2 atom stereocenters. The maximum absolute atomic E-state index is 13.5. The molecule has 2 aromatic carbocycles. The van der Waals surface area contributed by atoms with E-state index in [1.54, 1.807) is 0 Å². The number of carbonyl (C=O) groups excluding carboxylic acids is 1. The maximum atomic E-state index is 13.5. The number of allylic oxidation sites excluding steroid dienone is 2. The fourth-order valence-electron chi connectivity index (χ4n) is 4.89. The smallest absolute Gasteiger partial charge is 0.226 e. The molecule has 2 aliphatic rings. The number of carbonyl (C=O) groups is 1. The average molecular weight is 395 g/mol. The molecule has 1 aliphatic carbocycles. The van der Waals surface area contributed by atoms with Gasteiger partial charge in [0.15, 0.2) is 5.78 Å². The quantitative estimate of drug-likeness (QED) is 0.525. The highest BCUT2D eigenvalue weighted by atomic mass is 16.1. The summed E-state index contributed by atoms with van der Waals surface area (Å²) in [5.41, 5.74) is 5.08. The molecule has 0 radical (unpaired) electrons. The van der Waals surface area contributed by atoms with Crippen LogP contribution in [0, 0.1) is 6.92 Å².